The molecule has 0 aliphatic carbocycles. The molecule has 0 spiro atoms. The molecule has 3 fully saturated rings. The van der Waals surface area contributed by atoms with Gasteiger partial charge in [0.25, 0.3) is 0 Å². The number of hydrogen-bond donors (Lipinski definition) is 3. The van der Waals surface area contributed by atoms with Crippen LogP contribution in [0.3, 0.4) is 0 Å². The zero-order valence-corrected chi connectivity index (χ0v) is 23.7. The minimum atomic E-state index is -4.63. The van der Waals surface area contributed by atoms with Crippen molar-refractivity contribution in [1.82, 2.24) is 19.8 Å². The molecule has 5 rings (SSSR count). The summed E-state index contributed by atoms with van der Waals surface area (Å²) >= 11 is 0. The lowest BCUT2D eigenvalue weighted by Gasteiger charge is -2.43. The highest BCUT2D eigenvalue weighted by Crippen LogP contribution is 2.28. The van der Waals surface area contributed by atoms with Crippen molar-refractivity contribution >= 4 is 17.3 Å². The second-order valence-corrected chi connectivity index (χ2v) is 11.5. The number of benzene rings is 1. The summed E-state index contributed by atoms with van der Waals surface area (Å²) in [6.07, 6.45) is -3.66. The van der Waals surface area contributed by atoms with Crippen LogP contribution < -0.4 is 10.2 Å². The van der Waals surface area contributed by atoms with Crippen LogP contribution >= 0.6 is 0 Å². The minimum Gasteiger partial charge on any atom is -0.388 e. The fourth-order valence-corrected chi connectivity index (χ4v) is 5.99. The van der Waals surface area contributed by atoms with E-state index < -0.39 is 36.2 Å². The molecule has 4 heterocycles. The van der Waals surface area contributed by atoms with Crippen LogP contribution in [0.1, 0.15) is 35.8 Å². The molecule has 1 aromatic heterocycles. The quantitative estimate of drug-likeness (QED) is 0.394. The smallest absolute Gasteiger partial charge is 0.388 e. The van der Waals surface area contributed by atoms with E-state index in [-0.39, 0.29) is 18.2 Å². The summed E-state index contributed by atoms with van der Waals surface area (Å²) in [6.45, 7) is 8.58. The summed E-state index contributed by atoms with van der Waals surface area (Å²) in [5, 5.41) is 24.1. The number of hydrogen-bond acceptors (Lipinski definition) is 10. The fraction of sp³-hybridized carbons (Fsp3) is 0.621. The van der Waals surface area contributed by atoms with Crippen LogP contribution in [0.25, 0.3) is 0 Å². The number of aliphatic hydroxyl groups is 2. The number of Topliss-reactive ketones (excluding diaryl/α,β-unsaturated/α-hetero) is 1. The Morgan fingerprint density at radius 2 is 1.62 bits per heavy atom. The Morgan fingerprint density at radius 3 is 2.24 bits per heavy atom. The average molecular weight is 593 g/mol. The number of halogens is 3. The van der Waals surface area contributed by atoms with Gasteiger partial charge in [0.05, 0.1) is 31.1 Å². The first-order valence-electron chi connectivity index (χ1n) is 14.5. The van der Waals surface area contributed by atoms with Gasteiger partial charge in [-0.25, -0.2) is 4.98 Å². The Hall–Kier alpha value is -2.84. The van der Waals surface area contributed by atoms with Crippen molar-refractivity contribution in [3.05, 3.63) is 47.9 Å². The lowest BCUT2D eigenvalue weighted by molar-refractivity contribution is -0.148. The number of anilines is 2. The molecule has 13 heteroatoms. The number of nitrogens with zero attached hydrogens (tertiary/aromatic N) is 5. The first-order valence-corrected chi connectivity index (χ1v) is 14.5. The van der Waals surface area contributed by atoms with Crippen molar-refractivity contribution in [3.8, 4) is 0 Å². The lowest BCUT2D eigenvalue weighted by Crippen LogP contribution is -2.59. The monoisotopic (exact) mass is 592 g/mol. The number of carbonyl (C=O) groups excluding carboxylic acids is 1. The van der Waals surface area contributed by atoms with Gasteiger partial charge in [0.15, 0.2) is 11.5 Å². The molecule has 1 aromatic carbocycles. The van der Waals surface area contributed by atoms with Crippen LogP contribution in [0.5, 0.6) is 0 Å². The Balaban J connectivity index is 1.02. The van der Waals surface area contributed by atoms with E-state index in [0.717, 1.165) is 76.1 Å². The minimum absolute atomic E-state index is 0.0142. The first-order chi connectivity index (χ1) is 20.1. The number of nitrogens with one attached hydrogen (secondary N) is 1. The standard InChI is InChI=1S/C29H39F3N6O4/c1-19(39)21-2-4-22(5-3-21)38-8-6-20(7-9-38)16-36-10-12-37(13-11-36)17-24-28(41)27(40)23(18-42-24)34-26-15-33-14-25(35-26)29(30,31)32/h2-5,14-15,20,23-24,27-28,40-41H,6-13,16-18H2,1H3,(H,34,35)/t23-,24+,27+,28-/m0/s1. The summed E-state index contributed by atoms with van der Waals surface area (Å²) in [5.41, 5.74) is 0.758. The Labute approximate surface area is 243 Å². The number of aliphatic hydroxyl groups excluding tert-OH is 2. The molecule has 3 saturated heterocycles. The summed E-state index contributed by atoms with van der Waals surface area (Å²) in [4.78, 5) is 25.7. The normalized spacial score (nSPS) is 26.8. The van der Waals surface area contributed by atoms with Crippen molar-refractivity contribution in [2.75, 3.05) is 69.2 Å². The molecule has 230 valence electrons. The van der Waals surface area contributed by atoms with Crippen LogP contribution in [0, 0.1) is 5.92 Å². The Morgan fingerprint density at radius 1 is 0.976 bits per heavy atom. The number of carbonyl (C=O) groups is 1. The predicted molar refractivity (Wildman–Crippen MR) is 150 cm³/mol. The molecule has 3 aliphatic rings. The molecule has 2 aromatic rings. The average Bonchev–Trinajstić information content (AvgIpc) is 2.98. The number of piperazine rings is 1. The van der Waals surface area contributed by atoms with E-state index in [9.17, 15) is 28.2 Å². The van der Waals surface area contributed by atoms with Crippen LogP contribution in [0.2, 0.25) is 0 Å². The molecule has 10 nitrogen and oxygen atoms in total. The van der Waals surface area contributed by atoms with Crippen LogP contribution in [-0.2, 0) is 10.9 Å². The van der Waals surface area contributed by atoms with E-state index in [1.807, 2.05) is 24.3 Å². The molecule has 0 saturated carbocycles. The number of aromatic nitrogens is 2. The first kappa shape index (κ1) is 30.6. The summed E-state index contributed by atoms with van der Waals surface area (Å²) in [6, 6.07) is 7.03. The second kappa shape index (κ2) is 13.2. The van der Waals surface area contributed by atoms with Crippen LogP contribution in [-0.4, -0.2) is 119 Å². The van der Waals surface area contributed by atoms with Crippen molar-refractivity contribution in [3.63, 3.8) is 0 Å². The van der Waals surface area contributed by atoms with Gasteiger partial charge < -0.3 is 30.1 Å². The fourth-order valence-electron chi connectivity index (χ4n) is 5.99. The van der Waals surface area contributed by atoms with Gasteiger partial charge in [-0.1, -0.05) is 0 Å². The highest BCUT2D eigenvalue weighted by molar-refractivity contribution is 5.94. The van der Waals surface area contributed by atoms with Crippen molar-refractivity contribution in [2.45, 2.75) is 50.3 Å². The molecular weight excluding hydrogens is 553 g/mol. The molecular formula is C29H39F3N6O4. The number of ketones is 1. The number of alkyl halides is 3. The Bertz CT molecular complexity index is 1190. The maximum absolute atomic E-state index is 12.9. The third-order valence-corrected chi connectivity index (χ3v) is 8.56. The summed E-state index contributed by atoms with van der Waals surface area (Å²) in [7, 11) is 0. The van der Waals surface area contributed by atoms with E-state index in [4.69, 9.17) is 4.74 Å². The molecule has 0 radical (unpaired) electrons. The largest absolute Gasteiger partial charge is 0.434 e. The third-order valence-electron chi connectivity index (χ3n) is 8.56. The highest BCUT2D eigenvalue weighted by Gasteiger charge is 2.40. The van der Waals surface area contributed by atoms with Gasteiger partial charge in [-0.2, -0.15) is 13.2 Å². The lowest BCUT2D eigenvalue weighted by atomic mass is 9.95. The van der Waals surface area contributed by atoms with Crippen molar-refractivity contribution < 1.29 is 32.9 Å². The zero-order valence-electron chi connectivity index (χ0n) is 23.7. The van der Waals surface area contributed by atoms with Gasteiger partial charge in [-0.3, -0.25) is 14.7 Å². The van der Waals surface area contributed by atoms with E-state index in [2.05, 4.69) is 30.0 Å². The van der Waals surface area contributed by atoms with Crippen LogP contribution in [0.15, 0.2) is 36.7 Å². The molecule has 0 bridgehead atoms. The van der Waals surface area contributed by atoms with Gasteiger partial charge in [-0.05, 0) is 49.9 Å². The van der Waals surface area contributed by atoms with Gasteiger partial charge in [-0.15, -0.1) is 0 Å². The maximum Gasteiger partial charge on any atom is 0.434 e. The maximum atomic E-state index is 12.9. The molecule has 3 N–H and O–H groups in total. The highest BCUT2D eigenvalue weighted by atomic mass is 19.4. The van der Waals surface area contributed by atoms with E-state index in [1.54, 1.807) is 6.92 Å². The van der Waals surface area contributed by atoms with Crippen molar-refractivity contribution in [1.29, 1.82) is 0 Å². The number of rotatable bonds is 8. The second-order valence-electron chi connectivity index (χ2n) is 11.5. The third kappa shape index (κ3) is 7.56. The van der Waals surface area contributed by atoms with Gasteiger partial charge in [0.1, 0.15) is 18.0 Å². The van der Waals surface area contributed by atoms with Crippen molar-refractivity contribution in [2.24, 2.45) is 5.92 Å². The Kier molecular flexibility index (Phi) is 9.63. The summed E-state index contributed by atoms with van der Waals surface area (Å²) in [5.74, 6) is 0.566. The van der Waals surface area contributed by atoms with E-state index in [1.165, 1.54) is 0 Å². The summed E-state index contributed by atoms with van der Waals surface area (Å²) < 4.78 is 44.7. The van der Waals surface area contributed by atoms with Gasteiger partial charge >= 0.3 is 6.18 Å². The molecule has 42 heavy (non-hydrogen) atoms. The molecule has 0 unspecified atom stereocenters. The predicted octanol–water partition coefficient (Wildman–Crippen LogP) is 2.13. The SMILES string of the molecule is CC(=O)c1ccc(N2CCC(CN3CCN(C[C@H]4OC[C@H](Nc5cncc(C(F)(F)F)n5)[C@@H](O)[C@H]4O)CC3)CC2)cc1. The van der Waals surface area contributed by atoms with Crippen LogP contribution in [0.4, 0.5) is 24.7 Å². The van der Waals surface area contributed by atoms with E-state index in [0.29, 0.717) is 18.7 Å². The van der Waals surface area contributed by atoms with Gasteiger partial charge in [0.2, 0.25) is 0 Å². The molecule has 0 amide bonds. The number of ether oxygens (including phenoxy) is 1. The number of piperidine rings is 1. The zero-order chi connectivity index (χ0) is 29.9. The topological polar surface area (TPSA) is 114 Å². The molecule has 3 aliphatic heterocycles. The molecule has 4 atom stereocenters. The van der Waals surface area contributed by atoms with Gasteiger partial charge in [0, 0.05) is 63.6 Å². The van der Waals surface area contributed by atoms with E-state index >= 15 is 0 Å².